The van der Waals surface area contributed by atoms with Crippen molar-refractivity contribution in [2.24, 2.45) is 28.6 Å². The average molecular weight is 553 g/mol. The maximum atomic E-state index is 12.4. The van der Waals surface area contributed by atoms with Gasteiger partial charge in [-0.3, -0.25) is 0 Å². The molecule has 6 aliphatic rings. The van der Waals surface area contributed by atoms with Gasteiger partial charge in [-0.05, 0) is 81.6 Å². The van der Waals surface area contributed by atoms with Crippen molar-refractivity contribution in [3.05, 3.63) is 11.6 Å². The van der Waals surface area contributed by atoms with Crippen molar-refractivity contribution in [2.45, 2.75) is 120 Å². The van der Waals surface area contributed by atoms with Gasteiger partial charge in [0.15, 0.2) is 6.29 Å². The van der Waals surface area contributed by atoms with Gasteiger partial charge in [-0.1, -0.05) is 6.92 Å². The molecular weight excluding hydrogens is 508 g/mol. The quantitative estimate of drug-likeness (QED) is 0.214. The Morgan fingerprint density at radius 1 is 0.974 bits per heavy atom. The Balaban J connectivity index is 1.22. The van der Waals surface area contributed by atoms with E-state index < -0.39 is 58.8 Å². The van der Waals surface area contributed by atoms with Gasteiger partial charge in [-0.25, -0.2) is 4.79 Å². The molecule has 10 nitrogen and oxygen atoms in total. The zero-order chi connectivity index (χ0) is 28.0. The third-order valence-corrected chi connectivity index (χ3v) is 12.2. The van der Waals surface area contributed by atoms with Crippen molar-refractivity contribution < 1.29 is 49.6 Å². The van der Waals surface area contributed by atoms with Crippen LogP contribution in [0, 0.1) is 28.6 Å². The molecule has 2 aliphatic heterocycles. The molecule has 0 aromatic carbocycles. The Labute approximate surface area is 229 Å². The summed E-state index contributed by atoms with van der Waals surface area (Å²) in [5.41, 5.74) is -2.40. The first-order valence-corrected chi connectivity index (χ1v) is 14.7. The van der Waals surface area contributed by atoms with Gasteiger partial charge in [0.05, 0.1) is 30.0 Å². The van der Waals surface area contributed by atoms with E-state index in [4.69, 9.17) is 14.2 Å². The first kappa shape index (κ1) is 28.0. The van der Waals surface area contributed by atoms with Gasteiger partial charge in [-0.2, -0.15) is 0 Å². The largest absolute Gasteiger partial charge is 0.458 e. The van der Waals surface area contributed by atoms with E-state index >= 15 is 0 Å². The van der Waals surface area contributed by atoms with Crippen LogP contribution in [0.4, 0.5) is 0 Å². The fourth-order valence-electron chi connectivity index (χ4n) is 9.93. The third kappa shape index (κ3) is 3.86. The molecule has 10 heteroatoms. The molecule has 4 aliphatic carbocycles. The van der Waals surface area contributed by atoms with Gasteiger partial charge in [0.1, 0.15) is 24.9 Å². The summed E-state index contributed by atoms with van der Waals surface area (Å²) < 4.78 is 16.9. The van der Waals surface area contributed by atoms with Crippen LogP contribution < -0.4 is 0 Å². The maximum absolute atomic E-state index is 12.4. The van der Waals surface area contributed by atoms with Crippen LogP contribution in [0.3, 0.4) is 0 Å². The number of cyclic esters (lactones) is 1. The van der Waals surface area contributed by atoms with Gasteiger partial charge in [-0.15, -0.1) is 0 Å². The Morgan fingerprint density at radius 3 is 2.41 bits per heavy atom. The predicted molar refractivity (Wildman–Crippen MR) is 136 cm³/mol. The molecule has 0 aromatic heterocycles. The van der Waals surface area contributed by atoms with E-state index in [1.165, 1.54) is 0 Å². The highest BCUT2D eigenvalue weighted by atomic mass is 16.7. The highest BCUT2D eigenvalue weighted by molar-refractivity contribution is 5.85. The van der Waals surface area contributed by atoms with E-state index in [1.54, 1.807) is 13.0 Å². The Morgan fingerprint density at radius 2 is 1.72 bits per heavy atom. The smallest absolute Gasteiger partial charge is 0.331 e. The number of aliphatic hydroxyl groups is 6. The Hall–Kier alpha value is -1.11. The van der Waals surface area contributed by atoms with E-state index in [0.717, 1.165) is 24.8 Å². The van der Waals surface area contributed by atoms with Gasteiger partial charge >= 0.3 is 5.97 Å². The highest BCUT2D eigenvalue weighted by Gasteiger charge is 2.71. The fraction of sp³-hybridized carbons (Fsp3) is 0.897. The molecule has 0 spiro atoms. The number of aliphatic hydroxyl groups excluding tert-OH is 4. The minimum Gasteiger partial charge on any atom is -0.458 e. The zero-order valence-corrected chi connectivity index (χ0v) is 22.9. The van der Waals surface area contributed by atoms with E-state index in [-0.39, 0.29) is 36.8 Å². The van der Waals surface area contributed by atoms with Crippen LogP contribution in [0.25, 0.3) is 0 Å². The van der Waals surface area contributed by atoms with Gasteiger partial charge in [0, 0.05) is 23.3 Å². The lowest BCUT2D eigenvalue weighted by Crippen LogP contribution is -2.69. The molecule has 0 bridgehead atoms. The lowest BCUT2D eigenvalue weighted by molar-refractivity contribution is -0.322. The van der Waals surface area contributed by atoms with Crippen LogP contribution in [0.5, 0.6) is 0 Å². The van der Waals surface area contributed by atoms with E-state index in [0.29, 0.717) is 38.7 Å². The molecule has 5 unspecified atom stereocenters. The minimum absolute atomic E-state index is 0.0667. The zero-order valence-electron chi connectivity index (χ0n) is 22.9. The minimum atomic E-state index is -1.41. The molecule has 0 radical (unpaired) electrons. The summed E-state index contributed by atoms with van der Waals surface area (Å²) in [7, 11) is 0. The molecule has 1 saturated heterocycles. The first-order chi connectivity index (χ1) is 18.4. The van der Waals surface area contributed by atoms with Crippen molar-refractivity contribution in [3.63, 3.8) is 0 Å². The second-order valence-electron chi connectivity index (χ2n) is 13.6. The van der Waals surface area contributed by atoms with Gasteiger partial charge in [0.25, 0.3) is 0 Å². The Bertz CT molecular complexity index is 1020. The van der Waals surface area contributed by atoms with Crippen LogP contribution in [-0.2, 0) is 19.0 Å². The number of ether oxygens (including phenoxy) is 3. The molecule has 13 atom stereocenters. The maximum Gasteiger partial charge on any atom is 0.331 e. The van der Waals surface area contributed by atoms with Crippen molar-refractivity contribution in [2.75, 3.05) is 13.2 Å². The SMILES string of the molecule is CC1O[C@H](O[C@H]2CC[C@]3(CO)C4CC[C@]5(C)[C@@H](C6=CC(=O)OC6)CC[C@]5(O)C4CC[C@]3(O)C2)C(O)C(O)[C@@H]1O. The molecule has 6 rings (SSSR count). The van der Waals surface area contributed by atoms with E-state index in [9.17, 15) is 35.4 Å². The topological polar surface area (TPSA) is 166 Å². The second kappa shape index (κ2) is 9.46. The number of rotatable bonds is 4. The first-order valence-electron chi connectivity index (χ1n) is 14.7. The molecule has 0 amide bonds. The van der Waals surface area contributed by atoms with Crippen LogP contribution in [0.1, 0.15) is 71.6 Å². The molecule has 6 N–H and O–H groups in total. The number of hydrogen-bond donors (Lipinski definition) is 6. The summed E-state index contributed by atoms with van der Waals surface area (Å²) in [6, 6.07) is 0. The van der Waals surface area contributed by atoms with E-state index in [2.05, 4.69) is 6.92 Å². The second-order valence-corrected chi connectivity index (χ2v) is 13.6. The molecular formula is C29H44O10. The molecule has 4 saturated carbocycles. The predicted octanol–water partition coefficient (Wildman–Crippen LogP) is 0.543. The summed E-state index contributed by atoms with van der Waals surface area (Å²) in [6.45, 7) is 3.85. The highest BCUT2D eigenvalue weighted by Crippen LogP contribution is 2.70. The van der Waals surface area contributed by atoms with Gasteiger partial charge < -0.3 is 44.8 Å². The average Bonchev–Trinajstić information content (AvgIpc) is 3.45. The van der Waals surface area contributed by atoms with Crippen LogP contribution in [0.2, 0.25) is 0 Å². The third-order valence-electron chi connectivity index (χ3n) is 12.2. The summed E-state index contributed by atoms with van der Waals surface area (Å²) in [5.74, 6) is -0.387. The monoisotopic (exact) mass is 552 g/mol. The van der Waals surface area contributed by atoms with Crippen molar-refractivity contribution >= 4 is 5.97 Å². The normalized spacial score (nSPS) is 55.3. The number of fused-ring (bicyclic) bond motifs is 5. The number of carbonyl (C=O) groups excluding carboxylic acids is 1. The molecule has 39 heavy (non-hydrogen) atoms. The fourth-order valence-corrected chi connectivity index (χ4v) is 9.93. The van der Waals surface area contributed by atoms with Gasteiger partial charge in [0.2, 0.25) is 0 Å². The van der Waals surface area contributed by atoms with Crippen molar-refractivity contribution in [1.29, 1.82) is 0 Å². The lowest BCUT2D eigenvalue weighted by Gasteiger charge is -2.66. The summed E-state index contributed by atoms with van der Waals surface area (Å²) in [5, 5.41) is 66.1. The van der Waals surface area contributed by atoms with E-state index in [1.807, 2.05) is 0 Å². The number of hydrogen-bond acceptors (Lipinski definition) is 10. The Kier molecular flexibility index (Phi) is 6.80. The lowest BCUT2D eigenvalue weighted by atomic mass is 9.41. The molecule has 5 fully saturated rings. The van der Waals surface area contributed by atoms with Crippen molar-refractivity contribution in [3.8, 4) is 0 Å². The summed E-state index contributed by atoms with van der Waals surface area (Å²) in [6.07, 6.45) is 0.474. The summed E-state index contributed by atoms with van der Waals surface area (Å²) in [4.78, 5) is 11.8. The molecule has 0 aromatic rings. The molecule has 220 valence electrons. The van der Waals surface area contributed by atoms with Crippen LogP contribution in [-0.4, -0.2) is 97.8 Å². The van der Waals surface area contributed by atoms with Crippen LogP contribution in [0.15, 0.2) is 11.6 Å². The standard InChI is InChI=1S/C29H44O10/c1-15-22(32)23(33)24(34)25(38-15)39-17-3-8-27(14-30)19-4-7-26(2)18(16-11-21(31)37-13-16)6-10-29(26,36)20(19)5-9-28(27,35)12-17/h11,15,17-20,22-25,30,32-36H,3-10,12-14H2,1-2H3/t15?,17-,18+,19?,20?,22+,23?,24?,25+,26+,27-,28-,29-/m0/s1. The summed E-state index contributed by atoms with van der Waals surface area (Å²) >= 11 is 0. The number of carbonyl (C=O) groups is 1. The number of esters is 1. The van der Waals surface area contributed by atoms with Crippen LogP contribution >= 0.6 is 0 Å². The molecule has 2 heterocycles. The van der Waals surface area contributed by atoms with Crippen molar-refractivity contribution in [1.82, 2.24) is 0 Å².